The van der Waals surface area contributed by atoms with Crippen LogP contribution in [0.4, 0.5) is 0 Å². The Balaban J connectivity index is 1.03. The molecule has 0 aliphatic heterocycles. The van der Waals surface area contributed by atoms with Crippen molar-refractivity contribution >= 4 is 53.7 Å². The van der Waals surface area contributed by atoms with E-state index in [1.165, 1.54) is 48.0 Å². The first kappa shape index (κ1) is 29.4. The summed E-state index contributed by atoms with van der Waals surface area (Å²) in [6, 6.07) is 51.5. The van der Waals surface area contributed by atoms with Gasteiger partial charge in [-0.2, -0.15) is 0 Å². The molecule has 0 atom stereocenters. The van der Waals surface area contributed by atoms with Crippen LogP contribution < -0.4 is 0 Å². The molecule has 0 N–H and O–H groups in total. The largest absolute Gasteiger partial charge is 0.436 e. The van der Waals surface area contributed by atoms with E-state index in [1.807, 2.05) is 59.9 Å². The fourth-order valence-electron chi connectivity index (χ4n) is 8.04. The highest BCUT2D eigenvalue weighted by Gasteiger charge is 2.36. The van der Waals surface area contributed by atoms with Crippen LogP contribution in [0.15, 0.2) is 154 Å². The minimum atomic E-state index is -0.120. The van der Waals surface area contributed by atoms with Crippen LogP contribution in [0, 0.1) is 0 Å². The van der Waals surface area contributed by atoms with Crippen molar-refractivity contribution in [3.05, 3.63) is 157 Å². The summed E-state index contributed by atoms with van der Waals surface area (Å²) in [5, 5.41) is 2.68. The van der Waals surface area contributed by atoms with Crippen LogP contribution in [0.3, 0.4) is 0 Å². The summed E-state index contributed by atoms with van der Waals surface area (Å²) in [6.07, 6.45) is 0. The Morgan fingerprint density at radius 1 is 0.442 bits per heavy atom. The summed E-state index contributed by atoms with van der Waals surface area (Å²) in [6.45, 7) is 4.73. The molecule has 0 radical (unpaired) electrons. The zero-order chi connectivity index (χ0) is 34.6. The smallest absolute Gasteiger partial charge is 0.227 e. The number of fused-ring (bicyclic) bond motifs is 8. The molecule has 0 amide bonds. The number of hydrogen-bond acceptors (Lipinski definition) is 5. The molecule has 7 aromatic carbocycles. The lowest BCUT2D eigenvalue weighted by Gasteiger charge is -2.22. The van der Waals surface area contributed by atoms with Gasteiger partial charge in [0.05, 0.1) is 0 Å². The van der Waals surface area contributed by atoms with Crippen LogP contribution in [0.1, 0.15) is 25.0 Å². The second-order valence-electron chi connectivity index (χ2n) is 14.2. The number of nitrogens with zero attached hydrogens (tertiary/aromatic N) is 2. The highest BCUT2D eigenvalue weighted by molar-refractivity contribution is 7.25. The summed E-state index contributed by atoms with van der Waals surface area (Å²) in [5.74, 6) is 1.12. The van der Waals surface area contributed by atoms with E-state index in [0.29, 0.717) is 11.8 Å². The van der Waals surface area contributed by atoms with Crippen LogP contribution in [-0.2, 0) is 5.41 Å². The Kier molecular flexibility index (Phi) is 6.14. The first-order valence-electron chi connectivity index (χ1n) is 17.5. The monoisotopic (exact) mass is 686 g/mol. The van der Waals surface area contributed by atoms with Crippen molar-refractivity contribution in [1.82, 2.24) is 9.97 Å². The highest BCUT2D eigenvalue weighted by Crippen LogP contribution is 2.52. The minimum absolute atomic E-state index is 0.120. The molecule has 0 unspecified atom stereocenters. The number of rotatable bonds is 4. The number of hydrogen-bond donors (Lipinski definition) is 0. The lowest BCUT2D eigenvalue weighted by Crippen LogP contribution is -2.14. The van der Waals surface area contributed by atoms with Gasteiger partial charge in [0, 0.05) is 36.7 Å². The second-order valence-corrected chi connectivity index (χ2v) is 15.3. The van der Waals surface area contributed by atoms with Gasteiger partial charge in [-0.05, 0) is 117 Å². The van der Waals surface area contributed by atoms with Gasteiger partial charge < -0.3 is 8.83 Å². The third-order valence-electron chi connectivity index (χ3n) is 10.7. The summed E-state index contributed by atoms with van der Waals surface area (Å²) in [4.78, 5) is 9.67. The predicted octanol–water partition coefficient (Wildman–Crippen LogP) is 13.3. The van der Waals surface area contributed by atoms with Crippen molar-refractivity contribution in [3.63, 3.8) is 0 Å². The van der Waals surface area contributed by atoms with Gasteiger partial charge in [0.2, 0.25) is 11.8 Å². The standard InChI is InChI=1S/C47H30N2O2S/c1-47(2)37-24-29(18-19-33(37)35-25-36-34-12-3-8-17-43(34)52-44(36)26-38(35)47)27-10-9-11-28(20-27)30-21-31(45-48-39-13-4-6-15-41(39)50-45)23-32(22-30)46-49-40-14-5-7-16-42(40)51-46/h3-26H,1-2H3. The van der Waals surface area contributed by atoms with Gasteiger partial charge in [-0.1, -0.05) is 86.6 Å². The van der Waals surface area contributed by atoms with Crippen LogP contribution in [0.25, 0.3) is 98.7 Å². The summed E-state index contributed by atoms with van der Waals surface area (Å²) in [7, 11) is 0. The number of aromatic nitrogens is 2. The number of para-hydroxylation sites is 4. The molecular formula is C47H30N2O2S. The lowest BCUT2D eigenvalue weighted by atomic mass is 9.81. The van der Waals surface area contributed by atoms with Gasteiger partial charge in [-0.3, -0.25) is 0 Å². The molecule has 0 spiro atoms. The van der Waals surface area contributed by atoms with Gasteiger partial charge in [0.25, 0.3) is 0 Å². The Labute approximate surface area is 303 Å². The number of oxazole rings is 2. The SMILES string of the molecule is CC1(C)c2cc(-c3cccc(-c4cc(-c5nc6ccccc6o5)cc(-c5nc6ccccc6o5)c4)c3)ccc2-c2cc3c(cc21)sc1ccccc13. The maximum atomic E-state index is 6.26. The molecule has 52 heavy (non-hydrogen) atoms. The predicted molar refractivity (Wildman–Crippen MR) is 214 cm³/mol. The quantitative estimate of drug-likeness (QED) is 0.185. The van der Waals surface area contributed by atoms with E-state index in [2.05, 4.69) is 111 Å². The van der Waals surface area contributed by atoms with Crippen molar-refractivity contribution in [2.45, 2.75) is 19.3 Å². The first-order chi connectivity index (χ1) is 25.5. The normalized spacial score (nSPS) is 13.3. The van der Waals surface area contributed by atoms with E-state index in [-0.39, 0.29) is 5.41 Å². The Morgan fingerprint density at radius 2 is 1.02 bits per heavy atom. The molecule has 246 valence electrons. The van der Waals surface area contributed by atoms with Gasteiger partial charge in [0.1, 0.15) is 11.0 Å². The van der Waals surface area contributed by atoms with Gasteiger partial charge >= 0.3 is 0 Å². The first-order valence-corrected chi connectivity index (χ1v) is 18.4. The maximum Gasteiger partial charge on any atom is 0.227 e. The molecule has 3 aromatic heterocycles. The van der Waals surface area contributed by atoms with Crippen LogP contribution in [0.5, 0.6) is 0 Å². The fraction of sp³-hybridized carbons (Fsp3) is 0.0638. The third kappa shape index (κ3) is 4.46. The Bertz CT molecular complexity index is 2910. The van der Waals surface area contributed by atoms with Gasteiger partial charge in [-0.15, -0.1) is 11.3 Å². The van der Waals surface area contributed by atoms with Crippen LogP contribution in [-0.4, -0.2) is 9.97 Å². The highest BCUT2D eigenvalue weighted by atomic mass is 32.1. The van der Waals surface area contributed by atoms with E-state index in [0.717, 1.165) is 50.0 Å². The van der Waals surface area contributed by atoms with Crippen molar-refractivity contribution in [2.75, 3.05) is 0 Å². The summed E-state index contributed by atoms with van der Waals surface area (Å²) in [5.41, 5.74) is 14.7. The Morgan fingerprint density at radius 3 is 1.73 bits per heavy atom. The molecule has 0 saturated heterocycles. The maximum absolute atomic E-state index is 6.26. The topological polar surface area (TPSA) is 52.1 Å². The average molecular weight is 687 g/mol. The molecule has 1 aliphatic rings. The number of thiophene rings is 1. The third-order valence-corrected chi connectivity index (χ3v) is 11.9. The van der Waals surface area contributed by atoms with E-state index < -0.39 is 0 Å². The molecule has 10 aromatic rings. The van der Waals surface area contributed by atoms with Crippen molar-refractivity contribution in [2.24, 2.45) is 0 Å². The second kappa shape index (κ2) is 10.8. The van der Waals surface area contributed by atoms with E-state index in [1.54, 1.807) is 0 Å². The zero-order valence-corrected chi connectivity index (χ0v) is 29.3. The van der Waals surface area contributed by atoms with Gasteiger partial charge in [0.15, 0.2) is 11.2 Å². The van der Waals surface area contributed by atoms with Crippen molar-refractivity contribution < 1.29 is 8.83 Å². The average Bonchev–Trinajstić information content (AvgIpc) is 3.95. The molecule has 3 heterocycles. The van der Waals surface area contributed by atoms with E-state index in [9.17, 15) is 0 Å². The number of benzene rings is 7. The molecule has 1 aliphatic carbocycles. The summed E-state index contributed by atoms with van der Waals surface area (Å²) < 4.78 is 15.2. The fourth-order valence-corrected chi connectivity index (χ4v) is 9.17. The van der Waals surface area contributed by atoms with E-state index in [4.69, 9.17) is 18.8 Å². The molecule has 4 nitrogen and oxygen atoms in total. The minimum Gasteiger partial charge on any atom is -0.436 e. The molecule has 0 bridgehead atoms. The van der Waals surface area contributed by atoms with Crippen molar-refractivity contribution in [3.8, 4) is 56.3 Å². The molecular weight excluding hydrogens is 657 g/mol. The van der Waals surface area contributed by atoms with E-state index >= 15 is 0 Å². The molecule has 0 fully saturated rings. The Hall–Kier alpha value is -6.30. The van der Waals surface area contributed by atoms with Gasteiger partial charge in [-0.25, -0.2) is 9.97 Å². The summed E-state index contributed by atoms with van der Waals surface area (Å²) >= 11 is 1.89. The van der Waals surface area contributed by atoms with Crippen LogP contribution >= 0.6 is 11.3 Å². The molecule has 5 heteroatoms. The van der Waals surface area contributed by atoms with Crippen molar-refractivity contribution in [1.29, 1.82) is 0 Å². The zero-order valence-electron chi connectivity index (χ0n) is 28.5. The molecule has 0 saturated carbocycles. The van der Waals surface area contributed by atoms with Crippen LogP contribution in [0.2, 0.25) is 0 Å². The molecule has 11 rings (SSSR count). The lowest BCUT2D eigenvalue weighted by molar-refractivity contribution is 0.617.